The fourth-order valence-electron chi connectivity index (χ4n) is 6.19. The Balaban J connectivity index is 2.67. The molecule has 0 fully saturated rings. The van der Waals surface area contributed by atoms with Crippen LogP contribution in [0.15, 0.2) is 5.57 Å². The molecule has 12 N–H and O–H groups in total. The third-order valence-corrected chi connectivity index (χ3v) is 16.1. The van der Waals surface area contributed by atoms with E-state index >= 15 is 0 Å². The quantitative estimate of drug-likeness (QED) is 0.0687. The predicted octanol–water partition coefficient (Wildman–Crippen LogP) is -0.0753. The first kappa shape index (κ1) is 61.4. The number of amides is 5. The number of nitrogens with zero attached hydrogens (tertiary/aromatic N) is 4. The van der Waals surface area contributed by atoms with E-state index in [1.54, 1.807) is 93.6 Å². The Morgan fingerprint density at radius 1 is 0.455 bits per heavy atom. The number of hydrogen-bond acceptors (Lipinski definition) is 16. The number of hydrogen-bond donors (Lipinski definition) is 12. The number of benzene rings is 2. The number of nitrogens with one attached hydrogen (secondary N) is 2. The van der Waals surface area contributed by atoms with Crippen LogP contribution in [-0.2, 0) is 9.59 Å². The average molecular weight is 1610 g/mol. The second-order valence-corrected chi connectivity index (χ2v) is 21.6. The topological polar surface area (TPSA) is 325 Å². The minimum Gasteiger partial charge on any atom is -0.394 e. The molecule has 27 heteroatoms. The third-order valence-electron chi connectivity index (χ3n) is 9.61. The molecule has 66 heavy (non-hydrogen) atoms. The standard InChI is InChI=1S/C39H52I6N6O15/c1-15(2)34(22-26(40)23(37(64)49(4)7-16(56)11-52)29(43)32(28(22)42)46-35(62)20(60)13-54)48(3)9-18(58)19(59)10-51(6)39(66)25-27(41)24(38(65)50(5)8-17(57)12-53)30(44)33(31(25)45)47-36(63)21(61)14-55/h16-21,52-61H,7-14H2,1-6H3,(H,46,62)(H,47,63). The fraction of sp³-hybridized carbons (Fsp3) is 0.513. The van der Waals surface area contributed by atoms with E-state index in [2.05, 4.69) is 10.6 Å². The van der Waals surface area contributed by atoms with Gasteiger partial charge < -0.3 is 81.3 Å². The van der Waals surface area contributed by atoms with Crippen LogP contribution in [-0.4, -0.2) is 218 Å². The lowest BCUT2D eigenvalue weighted by Gasteiger charge is -2.32. The highest BCUT2D eigenvalue weighted by molar-refractivity contribution is 14.1. The molecule has 2 aromatic carbocycles. The molecule has 370 valence electrons. The number of anilines is 2. The SMILES string of the molecule is CC(C)=C(c1c(I)c(NC(=O)C(O)CO)c(I)c(C(=O)N(C)CC(O)CO)c1I)N(C)CC(O)C(O)CN(C)C(=O)c1c(I)c(NC(=O)C(O)CO)c(I)c(C(=O)N(C)CC(O)CO)c1I. The van der Waals surface area contributed by atoms with E-state index in [1.807, 2.05) is 67.8 Å². The molecule has 0 spiro atoms. The first-order valence-corrected chi connectivity index (χ1v) is 25.8. The summed E-state index contributed by atoms with van der Waals surface area (Å²) in [7, 11) is 5.71. The minimum absolute atomic E-state index is 0.0480. The zero-order chi connectivity index (χ0) is 50.8. The van der Waals surface area contributed by atoms with Gasteiger partial charge >= 0.3 is 0 Å². The van der Waals surface area contributed by atoms with Gasteiger partial charge in [0.2, 0.25) is 0 Å². The van der Waals surface area contributed by atoms with Crippen LogP contribution < -0.4 is 10.6 Å². The number of likely N-dealkylation sites (N-methyl/N-ethyl adjacent to an activating group) is 4. The molecule has 0 aliphatic carbocycles. The second kappa shape index (κ2) is 27.8. The van der Waals surface area contributed by atoms with Crippen LogP contribution >= 0.6 is 136 Å². The zero-order valence-corrected chi connectivity index (χ0v) is 49.1. The van der Waals surface area contributed by atoms with Crippen molar-refractivity contribution in [3.63, 3.8) is 0 Å². The molecule has 0 aliphatic heterocycles. The van der Waals surface area contributed by atoms with Crippen molar-refractivity contribution in [2.75, 3.05) is 91.4 Å². The summed E-state index contributed by atoms with van der Waals surface area (Å²) >= 11 is 11.1. The van der Waals surface area contributed by atoms with Crippen molar-refractivity contribution in [1.82, 2.24) is 19.6 Å². The van der Waals surface area contributed by atoms with Gasteiger partial charge in [-0.2, -0.15) is 0 Å². The van der Waals surface area contributed by atoms with Gasteiger partial charge in [-0.15, -0.1) is 0 Å². The molecule has 0 saturated heterocycles. The highest BCUT2D eigenvalue weighted by atomic mass is 127. The Kier molecular flexibility index (Phi) is 25.9. The van der Waals surface area contributed by atoms with Gasteiger partial charge in [-0.25, -0.2) is 0 Å². The number of rotatable bonds is 22. The van der Waals surface area contributed by atoms with Gasteiger partial charge in [0.05, 0.1) is 89.6 Å². The number of aliphatic hydroxyl groups is 10. The predicted molar refractivity (Wildman–Crippen MR) is 293 cm³/mol. The van der Waals surface area contributed by atoms with Gasteiger partial charge in [0.1, 0.15) is 0 Å². The van der Waals surface area contributed by atoms with Gasteiger partial charge in [0, 0.05) is 76.3 Å². The number of allylic oxidation sites excluding steroid dienone is 1. The summed E-state index contributed by atoms with van der Waals surface area (Å²) in [6.45, 7) is -0.854. The second-order valence-electron chi connectivity index (χ2n) is 15.1. The monoisotopic (exact) mass is 1610 g/mol. The van der Waals surface area contributed by atoms with Gasteiger partial charge in [-0.05, 0) is 149 Å². The molecule has 0 aliphatic rings. The Bertz CT molecular complexity index is 2170. The Labute approximate surface area is 462 Å². The maximum atomic E-state index is 14.3. The van der Waals surface area contributed by atoms with Crippen LogP contribution in [0.1, 0.15) is 50.5 Å². The lowest BCUT2D eigenvalue weighted by atomic mass is 10.0. The summed E-state index contributed by atoms with van der Waals surface area (Å²) in [5, 5.41) is 106. The molecule has 21 nitrogen and oxygen atoms in total. The number of halogens is 6. The first-order chi connectivity index (χ1) is 30.6. The Hall–Kier alpha value is -0.690. The van der Waals surface area contributed by atoms with Crippen LogP contribution in [0.4, 0.5) is 11.4 Å². The van der Waals surface area contributed by atoms with Gasteiger partial charge in [-0.1, -0.05) is 5.57 Å². The summed E-state index contributed by atoms with van der Waals surface area (Å²) in [6, 6.07) is 0. The maximum absolute atomic E-state index is 14.3. The third kappa shape index (κ3) is 15.2. The van der Waals surface area contributed by atoms with Crippen molar-refractivity contribution in [3.8, 4) is 0 Å². The molecular formula is C39H52I6N6O15. The van der Waals surface area contributed by atoms with Crippen molar-refractivity contribution >= 4 is 182 Å². The first-order valence-electron chi connectivity index (χ1n) is 19.3. The summed E-state index contributed by atoms with van der Waals surface area (Å²) in [6.07, 6.45) is -9.37. The molecule has 2 aromatic rings. The summed E-state index contributed by atoms with van der Waals surface area (Å²) in [5.74, 6) is -4.05. The smallest absolute Gasteiger partial charge is 0.255 e. The van der Waals surface area contributed by atoms with Crippen molar-refractivity contribution in [2.24, 2.45) is 0 Å². The van der Waals surface area contributed by atoms with Crippen molar-refractivity contribution in [1.29, 1.82) is 0 Å². The van der Waals surface area contributed by atoms with Crippen molar-refractivity contribution in [3.05, 3.63) is 49.2 Å². The molecule has 0 saturated carbocycles. The molecule has 0 bridgehead atoms. The summed E-state index contributed by atoms with van der Waals surface area (Å²) in [4.78, 5) is 72.9. The normalized spacial score (nSPS) is 14.0. The molecule has 0 radical (unpaired) electrons. The summed E-state index contributed by atoms with van der Waals surface area (Å²) < 4.78 is 1.45. The molecular weight excluding hydrogens is 1550 g/mol. The van der Waals surface area contributed by atoms with Crippen LogP contribution in [0.2, 0.25) is 0 Å². The minimum atomic E-state index is -1.85. The van der Waals surface area contributed by atoms with Gasteiger partial charge in [0.25, 0.3) is 29.5 Å². The summed E-state index contributed by atoms with van der Waals surface area (Å²) in [5.41, 5.74) is 1.48. The molecule has 0 aromatic heterocycles. The molecule has 6 unspecified atom stereocenters. The molecule has 2 rings (SSSR count). The maximum Gasteiger partial charge on any atom is 0.255 e. The average Bonchev–Trinajstić information content (AvgIpc) is 3.26. The molecule has 6 atom stereocenters. The number of carbonyl (C=O) groups is 5. The van der Waals surface area contributed by atoms with E-state index in [1.165, 1.54) is 26.0 Å². The van der Waals surface area contributed by atoms with Crippen molar-refractivity contribution in [2.45, 2.75) is 50.5 Å². The van der Waals surface area contributed by atoms with E-state index < -0.39 is 99.1 Å². The van der Waals surface area contributed by atoms with Gasteiger partial charge in [-0.3, -0.25) is 24.0 Å². The van der Waals surface area contributed by atoms with Crippen LogP contribution in [0.3, 0.4) is 0 Å². The van der Waals surface area contributed by atoms with E-state index in [9.17, 15) is 75.0 Å². The zero-order valence-electron chi connectivity index (χ0n) is 36.2. The molecule has 0 heterocycles. The Morgan fingerprint density at radius 2 is 0.742 bits per heavy atom. The highest BCUT2D eigenvalue weighted by Gasteiger charge is 2.35. The van der Waals surface area contributed by atoms with E-state index in [-0.39, 0.29) is 62.0 Å². The lowest BCUT2D eigenvalue weighted by molar-refractivity contribution is -0.126. The van der Waals surface area contributed by atoms with Crippen LogP contribution in [0.25, 0.3) is 5.70 Å². The van der Waals surface area contributed by atoms with Crippen molar-refractivity contribution < 1.29 is 75.0 Å². The highest BCUT2D eigenvalue weighted by Crippen LogP contribution is 2.42. The largest absolute Gasteiger partial charge is 0.394 e. The number of aliphatic hydroxyl groups excluding tert-OH is 10. The van der Waals surface area contributed by atoms with Gasteiger partial charge in [0.15, 0.2) is 12.2 Å². The Morgan fingerprint density at radius 3 is 1.05 bits per heavy atom. The number of carbonyl (C=O) groups excluding carboxylic acids is 5. The molecule has 5 amide bonds. The lowest BCUT2D eigenvalue weighted by Crippen LogP contribution is -2.45. The van der Waals surface area contributed by atoms with Crippen LogP contribution in [0.5, 0.6) is 0 Å². The van der Waals surface area contributed by atoms with E-state index in [0.717, 1.165) is 9.80 Å². The fourth-order valence-corrected chi connectivity index (χ4v) is 15.0. The van der Waals surface area contributed by atoms with Crippen LogP contribution in [0, 0.1) is 21.4 Å². The van der Waals surface area contributed by atoms with E-state index in [0.29, 0.717) is 24.0 Å². The van der Waals surface area contributed by atoms with E-state index in [4.69, 9.17) is 0 Å².